The van der Waals surface area contributed by atoms with Crippen LogP contribution in [0.15, 0.2) is 6.07 Å². The molecule has 0 spiro atoms. The number of anilines is 2. The number of nitrogen functional groups attached to an aromatic ring is 1. The Morgan fingerprint density at radius 3 is 2.88 bits per heavy atom. The monoisotopic (exact) mass is 236 g/mol. The molecule has 0 aliphatic heterocycles. The minimum Gasteiger partial charge on any atom is -0.393 e. The molecule has 1 aromatic rings. The highest BCUT2D eigenvalue weighted by Crippen LogP contribution is 2.24. The summed E-state index contributed by atoms with van der Waals surface area (Å²) in [5.74, 6) is 1.35. The van der Waals surface area contributed by atoms with E-state index < -0.39 is 0 Å². The van der Waals surface area contributed by atoms with Crippen LogP contribution in [0.1, 0.15) is 31.4 Å². The lowest BCUT2D eigenvalue weighted by Gasteiger charge is -2.27. The van der Waals surface area contributed by atoms with Gasteiger partial charge >= 0.3 is 0 Å². The summed E-state index contributed by atoms with van der Waals surface area (Å²) in [7, 11) is 0. The fourth-order valence-electron chi connectivity index (χ4n) is 2.34. The van der Waals surface area contributed by atoms with Crippen molar-refractivity contribution in [2.45, 2.75) is 38.7 Å². The minimum absolute atomic E-state index is 0.184. The molecule has 0 bridgehead atoms. The number of nitrogens with zero attached hydrogens (tertiary/aromatic N) is 2. The van der Waals surface area contributed by atoms with E-state index in [9.17, 15) is 5.11 Å². The van der Waals surface area contributed by atoms with Crippen LogP contribution in [0.5, 0.6) is 0 Å². The molecule has 2 rings (SSSR count). The summed E-state index contributed by atoms with van der Waals surface area (Å²) in [5, 5.41) is 13.1. The molecule has 2 unspecified atom stereocenters. The first-order valence-electron chi connectivity index (χ1n) is 6.18. The molecule has 5 nitrogen and oxygen atoms in total. The average molecular weight is 236 g/mol. The Hall–Kier alpha value is -1.36. The topological polar surface area (TPSA) is 84.1 Å². The molecule has 17 heavy (non-hydrogen) atoms. The summed E-state index contributed by atoms with van der Waals surface area (Å²) in [5.41, 5.74) is 6.43. The van der Waals surface area contributed by atoms with E-state index in [4.69, 9.17) is 5.73 Å². The van der Waals surface area contributed by atoms with E-state index in [1.54, 1.807) is 0 Å². The van der Waals surface area contributed by atoms with Gasteiger partial charge in [-0.15, -0.1) is 0 Å². The molecule has 1 aliphatic carbocycles. The molecule has 2 atom stereocenters. The molecule has 0 aromatic carbocycles. The third-order valence-corrected chi connectivity index (χ3v) is 3.29. The maximum Gasteiger partial charge on any atom is 0.222 e. The summed E-state index contributed by atoms with van der Waals surface area (Å²) in [6, 6.07) is 1.87. The van der Waals surface area contributed by atoms with Crippen LogP contribution in [0.25, 0.3) is 0 Å². The van der Waals surface area contributed by atoms with Gasteiger partial charge in [-0.05, 0) is 19.8 Å². The fourth-order valence-corrected chi connectivity index (χ4v) is 2.34. The van der Waals surface area contributed by atoms with E-state index in [0.717, 1.165) is 37.3 Å². The Morgan fingerprint density at radius 1 is 1.41 bits per heavy atom. The quantitative estimate of drug-likeness (QED) is 0.737. The molecule has 1 saturated carbocycles. The van der Waals surface area contributed by atoms with Crippen LogP contribution in [-0.4, -0.2) is 27.7 Å². The molecule has 0 radical (unpaired) electrons. The first-order chi connectivity index (χ1) is 8.15. The van der Waals surface area contributed by atoms with Crippen LogP contribution < -0.4 is 11.1 Å². The van der Waals surface area contributed by atoms with E-state index >= 15 is 0 Å². The maximum atomic E-state index is 9.86. The third kappa shape index (κ3) is 3.30. The van der Waals surface area contributed by atoms with Gasteiger partial charge in [-0.2, -0.15) is 4.98 Å². The van der Waals surface area contributed by atoms with Gasteiger partial charge in [0, 0.05) is 24.2 Å². The summed E-state index contributed by atoms with van der Waals surface area (Å²) in [4.78, 5) is 8.14. The average Bonchev–Trinajstić information content (AvgIpc) is 2.27. The predicted octanol–water partition coefficient (Wildman–Crippen LogP) is 1.33. The Kier molecular flexibility index (Phi) is 3.78. The highest BCUT2D eigenvalue weighted by molar-refractivity contribution is 5.40. The van der Waals surface area contributed by atoms with Gasteiger partial charge in [0.05, 0.1) is 6.10 Å². The number of hydrogen-bond acceptors (Lipinski definition) is 5. The first kappa shape index (κ1) is 12.1. The van der Waals surface area contributed by atoms with Crippen molar-refractivity contribution in [3.05, 3.63) is 11.8 Å². The maximum absolute atomic E-state index is 9.86. The minimum atomic E-state index is -0.184. The van der Waals surface area contributed by atoms with Crippen molar-refractivity contribution in [2.24, 2.45) is 5.92 Å². The SMILES string of the molecule is Cc1cc(NCC2CCCCC2O)nc(N)n1. The summed E-state index contributed by atoms with van der Waals surface area (Å²) in [6.45, 7) is 2.63. The van der Waals surface area contributed by atoms with Crippen LogP contribution in [0.2, 0.25) is 0 Å². The van der Waals surface area contributed by atoms with Gasteiger partial charge in [0.2, 0.25) is 5.95 Å². The van der Waals surface area contributed by atoms with Crippen molar-refractivity contribution >= 4 is 11.8 Å². The Labute approximate surface area is 101 Å². The van der Waals surface area contributed by atoms with Crippen LogP contribution >= 0.6 is 0 Å². The van der Waals surface area contributed by atoms with Crippen molar-refractivity contribution in [3.63, 3.8) is 0 Å². The van der Waals surface area contributed by atoms with Crippen molar-refractivity contribution < 1.29 is 5.11 Å². The zero-order chi connectivity index (χ0) is 12.3. The van der Waals surface area contributed by atoms with Gasteiger partial charge in [-0.25, -0.2) is 4.98 Å². The van der Waals surface area contributed by atoms with Gasteiger partial charge < -0.3 is 16.2 Å². The molecule has 1 heterocycles. The lowest BCUT2D eigenvalue weighted by Crippen LogP contribution is -2.30. The highest BCUT2D eigenvalue weighted by atomic mass is 16.3. The smallest absolute Gasteiger partial charge is 0.222 e. The zero-order valence-electron chi connectivity index (χ0n) is 10.2. The van der Waals surface area contributed by atoms with E-state index in [-0.39, 0.29) is 12.1 Å². The molecular formula is C12H20N4O. The molecule has 1 aromatic heterocycles. The number of nitrogens with two attached hydrogens (primary N) is 1. The molecule has 1 fully saturated rings. The Morgan fingerprint density at radius 2 is 2.18 bits per heavy atom. The molecule has 1 aliphatic rings. The second-order valence-corrected chi connectivity index (χ2v) is 4.75. The van der Waals surface area contributed by atoms with Crippen molar-refractivity contribution in [1.82, 2.24) is 9.97 Å². The second kappa shape index (κ2) is 5.31. The van der Waals surface area contributed by atoms with Crippen molar-refractivity contribution in [3.8, 4) is 0 Å². The lowest BCUT2D eigenvalue weighted by atomic mass is 9.86. The van der Waals surface area contributed by atoms with Gasteiger partial charge in [0.25, 0.3) is 0 Å². The number of aliphatic hydroxyl groups excluding tert-OH is 1. The number of aromatic nitrogens is 2. The second-order valence-electron chi connectivity index (χ2n) is 4.75. The van der Waals surface area contributed by atoms with Crippen molar-refractivity contribution in [2.75, 3.05) is 17.6 Å². The molecular weight excluding hydrogens is 216 g/mol. The normalized spacial score (nSPS) is 24.6. The number of aryl methyl sites for hydroxylation is 1. The molecule has 4 N–H and O–H groups in total. The lowest BCUT2D eigenvalue weighted by molar-refractivity contribution is 0.0763. The van der Waals surface area contributed by atoms with Crippen LogP contribution in [0.3, 0.4) is 0 Å². The first-order valence-corrected chi connectivity index (χ1v) is 6.18. The summed E-state index contributed by atoms with van der Waals surface area (Å²) in [6.07, 6.45) is 4.15. The molecule has 5 heteroatoms. The van der Waals surface area contributed by atoms with E-state index in [2.05, 4.69) is 15.3 Å². The molecule has 0 amide bonds. The van der Waals surface area contributed by atoms with Crippen LogP contribution in [0.4, 0.5) is 11.8 Å². The Balaban J connectivity index is 1.92. The van der Waals surface area contributed by atoms with Gasteiger partial charge in [-0.3, -0.25) is 0 Å². The number of aliphatic hydroxyl groups is 1. The van der Waals surface area contributed by atoms with Gasteiger partial charge in [-0.1, -0.05) is 12.8 Å². The fraction of sp³-hybridized carbons (Fsp3) is 0.667. The number of hydrogen-bond donors (Lipinski definition) is 3. The standard InChI is InChI=1S/C12H20N4O/c1-8-6-11(16-12(13)15-8)14-7-9-4-2-3-5-10(9)17/h6,9-10,17H,2-5,7H2,1H3,(H3,13,14,15,16). The largest absolute Gasteiger partial charge is 0.393 e. The van der Waals surface area contributed by atoms with E-state index in [0.29, 0.717) is 5.92 Å². The molecule has 94 valence electrons. The van der Waals surface area contributed by atoms with Crippen molar-refractivity contribution in [1.29, 1.82) is 0 Å². The Bertz CT molecular complexity index is 363. The van der Waals surface area contributed by atoms with E-state index in [1.807, 2.05) is 13.0 Å². The van der Waals surface area contributed by atoms with E-state index in [1.165, 1.54) is 6.42 Å². The summed E-state index contributed by atoms with van der Waals surface area (Å²) >= 11 is 0. The van der Waals surface area contributed by atoms with Gasteiger partial charge in [0.1, 0.15) is 5.82 Å². The predicted molar refractivity (Wildman–Crippen MR) is 67.6 cm³/mol. The number of nitrogens with one attached hydrogen (secondary N) is 1. The third-order valence-electron chi connectivity index (χ3n) is 3.29. The van der Waals surface area contributed by atoms with Gasteiger partial charge in [0.15, 0.2) is 0 Å². The number of rotatable bonds is 3. The highest BCUT2D eigenvalue weighted by Gasteiger charge is 2.22. The van der Waals surface area contributed by atoms with Crippen LogP contribution in [0, 0.1) is 12.8 Å². The van der Waals surface area contributed by atoms with Crippen LogP contribution in [-0.2, 0) is 0 Å². The zero-order valence-corrected chi connectivity index (χ0v) is 10.2. The summed E-state index contributed by atoms with van der Waals surface area (Å²) < 4.78 is 0. The molecule has 0 saturated heterocycles.